The summed E-state index contributed by atoms with van der Waals surface area (Å²) in [6, 6.07) is 57.4. The van der Waals surface area contributed by atoms with Crippen LogP contribution in [0.5, 0.6) is 57.5 Å². The quantitative estimate of drug-likeness (QED) is 0.0270. The predicted molar refractivity (Wildman–Crippen MR) is 459 cm³/mol. The molecule has 4 N–H and O–H groups in total. The van der Waals surface area contributed by atoms with E-state index >= 15 is 0 Å². The summed E-state index contributed by atoms with van der Waals surface area (Å²) in [7, 11) is 13.1. The van der Waals surface area contributed by atoms with Gasteiger partial charge < -0.3 is 63.3 Å². The maximum absolute atomic E-state index is 14.4. The number of nitrogens with two attached hydrogens (primary N) is 1. The number of benzene rings is 8. The summed E-state index contributed by atoms with van der Waals surface area (Å²) >= 11 is 3.88. The molecule has 0 aliphatic carbocycles. The van der Waals surface area contributed by atoms with E-state index in [2.05, 4.69) is 19.2 Å². The van der Waals surface area contributed by atoms with Crippen LogP contribution in [0.2, 0.25) is 0 Å². The zero-order valence-electron chi connectivity index (χ0n) is 65.4. The highest BCUT2D eigenvalue weighted by Crippen LogP contribution is 2.41. The molecule has 0 saturated carbocycles. The van der Waals surface area contributed by atoms with Crippen LogP contribution in [0.4, 0.5) is 13.2 Å². The lowest BCUT2D eigenvalue weighted by atomic mass is 10.0. The minimum absolute atomic E-state index is 0. The SMILES string of the molecule is C.COc1ccc(COc2cc(-c3csc4c(F)cccc34)nc(C(O)CCC(=O)c3ccc(OC)c(OC)c3)c2)cc1.COc1ccc(COc2cc(-c3csc4c(F)cccc34)nc(C(O)CN)c2)cc1.COc1ccc(COc2cc(C(=O)CCC(=O)c3ccc(OC)c(OC)c3)nc(-c3csc4c(F)cccc34)c2)cc1.[2H]CP. The maximum atomic E-state index is 14.4. The van der Waals surface area contributed by atoms with E-state index in [4.69, 9.17) is 59.5 Å². The largest absolute Gasteiger partial charge is 0.497 e. The van der Waals surface area contributed by atoms with Gasteiger partial charge in [0.25, 0.3) is 0 Å². The molecular formula is C91H88F3N4O15PS3. The molecule has 0 saturated heterocycles. The second kappa shape index (κ2) is 42.2. The van der Waals surface area contributed by atoms with Crippen LogP contribution >= 0.6 is 43.3 Å². The standard InChI is InChI=1S/C33H30FNO6S.C33H28FNO6S.C23H21FN2O3S.CH5P.CH4/c2*1-38-22-10-7-20(8-11-22)18-41-23-16-27(25-19-42-33-24(25)5-4-6-26(33)34)35-28(17-23)30(37)13-12-29(36)21-9-14-31(39-2)32(15-21)40-3;1-28-15-7-5-14(6-8-15)12-29-16-9-20(26-21(10-16)22(27)11-25)18-13-30-23-17(18)3-2-4-19(23)24;1-2;/h4-11,14-17,19,30,37H,12-13,18H2,1-3H3;4-11,14-17,19H,12-13,18H2,1-3H3;2-10,13,22,27H,11-12,25H2,1H3;2H2,1H3;1H4/i;;;1D;. The lowest BCUT2D eigenvalue weighted by Gasteiger charge is -2.15. The van der Waals surface area contributed by atoms with E-state index in [9.17, 15) is 37.8 Å². The van der Waals surface area contributed by atoms with Crippen molar-refractivity contribution in [2.24, 2.45) is 5.73 Å². The van der Waals surface area contributed by atoms with Crippen LogP contribution in [-0.4, -0.2) is 105 Å². The molecule has 19 nitrogen and oxygen atoms in total. The van der Waals surface area contributed by atoms with Crippen LogP contribution in [0.3, 0.4) is 0 Å². The zero-order chi connectivity index (χ0) is 83.1. The highest BCUT2D eigenvalue weighted by atomic mass is 32.1. The van der Waals surface area contributed by atoms with E-state index in [0.717, 1.165) is 55.8 Å². The second-order valence-corrected chi connectivity index (χ2v) is 28.4. The van der Waals surface area contributed by atoms with Crippen LogP contribution in [0, 0.1) is 17.5 Å². The van der Waals surface area contributed by atoms with Gasteiger partial charge in [-0.05, 0) is 114 Å². The molecule has 14 rings (SSSR count). The van der Waals surface area contributed by atoms with Crippen molar-refractivity contribution < 1.29 is 86.5 Å². The van der Waals surface area contributed by atoms with Crippen LogP contribution in [0.15, 0.2) is 216 Å². The first-order valence-electron chi connectivity index (χ1n) is 36.9. The number of nitrogens with zero attached hydrogens (tertiary/aromatic N) is 3. The van der Waals surface area contributed by atoms with E-state index in [0.29, 0.717) is 118 Å². The number of hydrogen-bond acceptors (Lipinski definition) is 22. The number of aliphatic hydroxyl groups excluding tert-OH is 2. The van der Waals surface area contributed by atoms with Gasteiger partial charge in [-0.25, -0.2) is 28.1 Å². The molecule has 0 fully saturated rings. The van der Waals surface area contributed by atoms with Crippen molar-refractivity contribution in [3.8, 4) is 91.3 Å². The van der Waals surface area contributed by atoms with Crippen LogP contribution in [0.1, 0.15) is 106 Å². The number of rotatable bonds is 31. The highest BCUT2D eigenvalue weighted by Gasteiger charge is 2.24. The van der Waals surface area contributed by atoms with Gasteiger partial charge in [0.1, 0.15) is 83.6 Å². The van der Waals surface area contributed by atoms with Gasteiger partial charge in [-0.15, -0.1) is 43.3 Å². The fourth-order valence-electron chi connectivity index (χ4n) is 12.2. The third-order valence-electron chi connectivity index (χ3n) is 18.4. The predicted octanol–water partition coefficient (Wildman–Crippen LogP) is 20.8. The number of ether oxygens (including phenoxy) is 10. The number of halogens is 3. The molecule has 3 atom stereocenters. The van der Waals surface area contributed by atoms with Gasteiger partial charge in [-0.3, -0.25) is 14.4 Å². The minimum Gasteiger partial charge on any atom is -0.497 e. The van der Waals surface area contributed by atoms with Crippen LogP contribution in [-0.2, 0) is 19.8 Å². The molecule has 0 amide bonds. The smallest absolute Gasteiger partial charge is 0.181 e. The summed E-state index contributed by atoms with van der Waals surface area (Å²) in [5, 5.41) is 29.1. The Morgan fingerprint density at radius 1 is 0.419 bits per heavy atom. The Balaban J connectivity index is 0.000000185. The van der Waals surface area contributed by atoms with Crippen LogP contribution in [0.25, 0.3) is 64.0 Å². The summed E-state index contributed by atoms with van der Waals surface area (Å²) in [4.78, 5) is 53.1. The Labute approximate surface area is 691 Å². The Bertz CT molecular complexity index is 5740. The average Bonchev–Trinajstić information content (AvgIpc) is 1.63. The van der Waals surface area contributed by atoms with E-state index in [1.165, 1.54) is 80.6 Å². The molecule has 8 aromatic carbocycles. The van der Waals surface area contributed by atoms with Crippen molar-refractivity contribution in [3.63, 3.8) is 0 Å². The summed E-state index contributed by atoms with van der Waals surface area (Å²) < 4.78 is 106. The van der Waals surface area contributed by atoms with Crippen molar-refractivity contribution in [2.45, 2.75) is 65.1 Å². The molecule has 3 unspecified atom stereocenters. The Kier molecular flexibility index (Phi) is 31.0. The molecule has 117 heavy (non-hydrogen) atoms. The molecule has 0 radical (unpaired) electrons. The molecule has 0 spiro atoms. The number of Topliss-reactive ketones (excluding diaryl/α,β-unsaturated/α-hetero) is 3. The molecule has 0 bridgehead atoms. The topological polar surface area (TPSA) is 249 Å². The number of carbonyl (C=O) groups is 3. The number of pyridine rings is 3. The summed E-state index contributed by atoms with van der Waals surface area (Å²) in [6.45, 7) is 1.32. The summed E-state index contributed by atoms with van der Waals surface area (Å²) in [5.74, 6) is 4.08. The highest BCUT2D eigenvalue weighted by molar-refractivity contribution is 7.18. The van der Waals surface area contributed by atoms with E-state index in [1.807, 2.05) is 107 Å². The number of ketones is 3. The number of thiophene rings is 3. The third kappa shape index (κ3) is 22.0. The number of fused-ring (bicyclic) bond motifs is 3. The number of carbonyl (C=O) groups excluding carboxylic acids is 3. The Morgan fingerprint density at radius 3 is 1.12 bits per heavy atom. The summed E-state index contributed by atoms with van der Waals surface area (Å²) in [5.41, 5.74) is 14.1. The number of aromatic nitrogens is 3. The Morgan fingerprint density at radius 2 is 0.761 bits per heavy atom. The monoisotopic (exact) mass is 1660 g/mol. The zero-order valence-corrected chi connectivity index (χ0v) is 68.0. The van der Waals surface area contributed by atoms with Gasteiger partial charge in [0.05, 0.1) is 98.4 Å². The molecular weight excluding hydrogens is 1570 g/mol. The van der Waals surface area contributed by atoms with Crippen molar-refractivity contribution >= 4 is 90.9 Å². The van der Waals surface area contributed by atoms with E-state index < -0.39 is 12.2 Å². The Hall–Kier alpha value is -11.8. The molecule has 0 aliphatic rings. The van der Waals surface area contributed by atoms with Gasteiger partial charge in [0.15, 0.2) is 40.3 Å². The first-order valence-corrected chi connectivity index (χ1v) is 39.7. The van der Waals surface area contributed by atoms with Gasteiger partial charge in [-0.1, -0.05) is 86.9 Å². The fourth-order valence-corrected chi connectivity index (χ4v) is 15.1. The second-order valence-electron chi connectivity index (χ2n) is 25.7. The number of methoxy groups -OCH3 is 7. The van der Waals surface area contributed by atoms with Gasteiger partial charge >= 0.3 is 0 Å². The van der Waals surface area contributed by atoms with E-state index in [1.54, 1.807) is 112 Å². The molecule has 14 aromatic rings. The van der Waals surface area contributed by atoms with Crippen molar-refractivity contribution in [1.29, 1.82) is 0 Å². The summed E-state index contributed by atoms with van der Waals surface area (Å²) in [6.07, 6.45) is -1.82. The number of aliphatic hydroxyl groups is 2. The van der Waals surface area contributed by atoms with E-state index in [-0.39, 0.29) is 93.4 Å². The maximum Gasteiger partial charge on any atom is 0.181 e. The first-order chi connectivity index (χ1) is 56.8. The van der Waals surface area contributed by atoms with Crippen molar-refractivity contribution in [2.75, 3.05) is 63.0 Å². The molecule has 606 valence electrons. The molecule has 6 aromatic heterocycles. The van der Waals surface area contributed by atoms with Gasteiger partial charge in [-0.2, -0.15) is 0 Å². The lowest BCUT2D eigenvalue weighted by Crippen LogP contribution is -2.13. The van der Waals surface area contributed by atoms with Gasteiger partial charge in [0.2, 0.25) is 0 Å². The molecule has 26 heteroatoms. The van der Waals surface area contributed by atoms with Gasteiger partial charge in [0, 0.05) is 124 Å². The molecule has 0 aliphatic heterocycles. The van der Waals surface area contributed by atoms with Crippen molar-refractivity contribution in [3.05, 3.63) is 279 Å². The lowest BCUT2D eigenvalue weighted by molar-refractivity contribution is 0.0914. The molecule has 6 heterocycles. The van der Waals surface area contributed by atoms with Crippen molar-refractivity contribution in [1.82, 2.24) is 15.0 Å². The number of hydrogen-bond donors (Lipinski definition) is 3. The van der Waals surface area contributed by atoms with Crippen LogP contribution < -0.4 is 53.1 Å². The minimum atomic E-state index is -1.04. The fraction of sp³-hybridized carbons (Fsp3) is 0.209. The average molecular weight is 1660 g/mol. The third-order valence-corrected chi connectivity index (χ3v) is 21.5. The normalized spacial score (nSPS) is 11.4. The first kappa shape index (κ1) is 86.1.